The third-order valence-corrected chi connectivity index (χ3v) is 3.50. The molecule has 10 nitrogen and oxygen atoms in total. The third kappa shape index (κ3) is 34.1. The van der Waals surface area contributed by atoms with Gasteiger partial charge in [0, 0.05) is 5.92 Å². The number of esters is 1. The zero-order chi connectivity index (χ0) is 27.5. The van der Waals surface area contributed by atoms with Crippen LogP contribution >= 0.6 is 0 Å². The number of ether oxygens (including phenoxy) is 1. The lowest BCUT2D eigenvalue weighted by molar-refractivity contribution is -0.145. The van der Waals surface area contributed by atoms with E-state index < -0.39 is 18.0 Å². The van der Waals surface area contributed by atoms with E-state index in [0.717, 1.165) is 0 Å². The molecule has 0 spiro atoms. The van der Waals surface area contributed by atoms with Gasteiger partial charge in [-0.2, -0.15) is 0 Å². The van der Waals surface area contributed by atoms with Crippen LogP contribution in [0, 0.1) is 5.92 Å². The van der Waals surface area contributed by atoms with Gasteiger partial charge in [0.05, 0.1) is 19.2 Å². The van der Waals surface area contributed by atoms with E-state index in [1.165, 1.54) is 0 Å². The Labute approximate surface area is 205 Å². The van der Waals surface area contributed by atoms with Crippen LogP contribution in [0.25, 0.3) is 0 Å². The van der Waals surface area contributed by atoms with Crippen molar-refractivity contribution in [2.75, 3.05) is 34.2 Å². The summed E-state index contributed by atoms with van der Waals surface area (Å²) in [7, 11) is 4.95. The van der Waals surface area contributed by atoms with E-state index in [2.05, 4.69) is 16.0 Å². The smallest absolute Gasteiger partial charge is 0.321 e. The highest BCUT2D eigenvalue weighted by Crippen LogP contribution is 2.04. The molecule has 0 amide bonds. The fraction of sp³-hybridized carbons (Fsp3) is 0.625. The van der Waals surface area contributed by atoms with Gasteiger partial charge >= 0.3 is 17.9 Å². The van der Waals surface area contributed by atoms with E-state index in [-0.39, 0.29) is 37.2 Å². The molecule has 0 heterocycles. The molecule has 34 heavy (non-hydrogen) atoms. The molecule has 0 aromatic carbocycles. The molecule has 0 aliphatic rings. The molecule has 6 N–H and O–H groups in total. The zero-order valence-corrected chi connectivity index (χ0v) is 22.2. The number of aliphatic hydroxyl groups excluding tert-OH is 1. The van der Waals surface area contributed by atoms with Crippen molar-refractivity contribution in [2.24, 2.45) is 5.92 Å². The van der Waals surface area contributed by atoms with Gasteiger partial charge in [0.15, 0.2) is 0 Å². The number of rotatable bonds is 11. The average molecular weight is 490 g/mol. The van der Waals surface area contributed by atoms with Crippen LogP contribution in [-0.4, -0.2) is 85.7 Å². The SMILES string of the molecule is C/C=C/C(C)O.C/C=C/C(C)OC(=O)CNC.CC=CC(C)[C@@H](NC)C(=O)O.CNCC(=O)O. The van der Waals surface area contributed by atoms with E-state index in [0.29, 0.717) is 0 Å². The third-order valence-electron chi connectivity index (χ3n) is 3.50. The second-order valence-corrected chi connectivity index (χ2v) is 6.93. The Morgan fingerprint density at radius 3 is 1.53 bits per heavy atom. The average Bonchev–Trinajstić information content (AvgIpc) is 2.70. The number of carboxylic acids is 2. The van der Waals surface area contributed by atoms with Gasteiger partial charge in [0.1, 0.15) is 12.1 Å². The summed E-state index contributed by atoms with van der Waals surface area (Å²) >= 11 is 0. The molecule has 4 atom stereocenters. The Bertz CT molecular complexity index is 589. The van der Waals surface area contributed by atoms with Crippen molar-refractivity contribution in [2.45, 2.75) is 59.8 Å². The molecule has 0 saturated heterocycles. The first-order valence-corrected chi connectivity index (χ1v) is 11.0. The highest BCUT2D eigenvalue weighted by atomic mass is 16.5. The first-order chi connectivity index (χ1) is 15.9. The lowest BCUT2D eigenvalue weighted by atomic mass is 10.0. The topological polar surface area (TPSA) is 157 Å². The van der Waals surface area contributed by atoms with Crippen LogP contribution in [0.5, 0.6) is 0 Å². The molecule has 0 rings (SSSR count). The highest BCUT2D eigenvalue weighted by Gasteiger charge is 2.19. The number of carboxylic acid groups (broad SMARTS) is 2. The first-order valence-electron chi connectivity index (χ1n) is 11.0. The van der Waals surface area contributed by atoms with Crippen molar-refractivity contribution in [3.05, 3.63) is 36.5 Å². The van der Waals surface area contributed by atoms with Crippen molar-refractivity contribution in [1.82, 2.24) is 16.0 Å². The van der Waals surface area contributed by atoms with E-state index in [1.807, 2.05) is 65.0 Å². The predicted molar refractivity (Wildman–Crippen MR) is 137 cm³/mol. The molecular formula is C24H47N3O7. The molecule has 3 unspecified atom stereocenters. The Balaban J connectivity index is -0.000000184. The maximum Gasteiger partial charge on any atom is 0.321 e. The van der Waals surface area contributed by atoms with Gasteiger partial charge in [0.25, 0.3) is 0 Å². The van der Waals surface area contributed by atoms with E-state index in [9.17, 15) is 14.4 Å². The summed E-state index contributed by atoms with van der Waals surface area (Å²) in [5.74, 6) is -1.82. The number of nitrogens with one attached hydrogen (secondary N) is 3. The monoisotopic (exact) mass is 489 g/mol. The van der Waals surface area contributed by atoms with Crippen molar-refractivity contribution in [1.29, 1.82) is 0 Å². The number of allylic oxidation sites excluding steroid dienone is 3. The summed E-state index contributed by atoms with van der Waals surface area (Å²) in [5, 5.41) is 32.9. The number of aliphatic carboxylic acids is 2. The Morgan fingerprint density at radius 1 is 0.824 bits per heavy atom. The number of hydrogen-bond acceptors (Lipinski definition) is 8. The van der Waals surface area contributed by atoms with Gasteiger partial charge in [-0.15, -0.1) is 0 Å². The van der Waals surface area contributed by atoms with E-state index in [4.69, 9.17) is 20.1 Å². The van der Waals surface area contributed by atoms with Crippen LogP contribution in [0.15, 0.2) is 36.5 Å². The summed E-state index contributed by atoms with van der Waals surface area (Å²) in [6.45, 7) is 11.4. The van der Waals surface area contributed by atoms with E-state index in [1.54, 1.807) is 34.1 Å². The minimum absolute atomic E-state index is 0.0301. The second kappa shape index (κ2) is 28.5. The molecule has 0 aliphatic carbocycles. The minimum atomic E-state index is -0.822. The summed E-state index contributed by atoms with van der Waals surface area (Å²) in [5.41, 5.74) is 0. The van der Waals surface area contributed by atoms with E-state index >= 15 is 0 Å². The maximum absolute atomic E-state index is 10.8. The van der Waals surface area contributed by atoms with Crippen molar-refractivity contribution >= 4 is 17.9 Å². The number of likely N-dealkylation sites (N-methyl/N-ethyl adjacent to an activating group) is 3. The molecular weight excluding hydrogens is 442 g/mol. The largest absolute Gasteiger partial charge is 0.480 e. The molecule has 0 fully saturated rings. The number of carbonyl (C=O) groups excluding carboxylic acids is 1. The fourth-order valence-corrected chi connectivity index (χ4v) is 2.16. The normalized spacial score (nSPS) is 13.9. The summed E-state index contributed by atoms with van der Waals surface area (Å²) in [6.07, 6.45) is 10.6. The number of hydrogen-bond donors (Lipinski definition) is 6. The molecule has 0 bridgehead atoms. The molecule has 0 saturated carbocycles. The minimum Gasteiger partial charge on any atom is -0.480 e. The Hall–Kier alpha value is -2.53. The van der Waals surface area contributed by atoms with Gasteiger partial charge in [-0.05, 0) is 61.8 Å². The van der Waals surface area contributed by atoms with Crippen molar-refractivity contribution in [3.8, 4) is 0 Å². The molecule has 0 radical (unpaired) electrons. The molecule has 0 aromatic heterocycles. The highest BCUT2D eigenvalue weighted by molar-refractivity contribution is 5.74. The Kier molecular flexibility index (Phi) is 32.5. The predicted octanol–water partition coefficient (Wildman–Crippen LogP) is 1.82. The van der Waals surface area contributed by atoms with Crippen LogP contribution in [0.4, 0.5) is 0 Å². The lowest BCUT2D eigenvalue weighted by Gasteiger charge is -2.15. The standard InChI is InChI=1S/2C8H15NO2.C5H10O.C3H7NO2/c1-4-5-7(2)11-8(10)6-9-3;1-4-5-6(2)7(9-3)8(10)11;1-3-4-5(2)6;1-4-2-3(5)6/h4-5,7,9H,6H2,1-3H3;4-7,9H,1-3H3,(H,10,11);3-6H,1-2H3;4H,2H2,1H3,(H,5,6)/b5-4+;;4-3+;/t;6?,7-;;/m.1../s1. The number of aliphatic hydroxyl groups is 1. The lowest BCUT2D eigenvalue weighted by Crippen LogP contribution is -2.38. The zero-order valence-electron chi connectivity index (χ0n) is 22.2. The molecule has 0 aromatic rings. The summed E-state index contributed by atoms with van der Waals surface area (Å²) in [6, 6.07) is -0.480. The van der Waals surface area contributed by atoms with Crippen molar-refractivity contribution < 1.29 is 34.4 Å². The summed E-state index contributed by atoms with van der Waals surface area (Å²) in [4.78, 5) is 30.9. The van der Waals surface area contributed by atoms with Crippen LogP contribution in [0.3, 0.4) is 0 Å². The first kappa shape index (κ1) is 38.7. The number of carbonyl (C=O) groups is 3. The quantitative estimate of drug-likeness (QED) is 0.187. The van der Waals surface area contributed by atoms with Gasteiger partial charge in [-0.3, -0.25) is 14.4 Å². The van der Waals surface area contributed by atoms with Gasteiger partial charge in [-0.25, -0.2) is 0 Å². The Morgan fingerprint density at radius 2 is 1.29 bits per heavy atom. The maximum atomic E-state index is 10.8. The van der Waals surface area contributed by atoms with Crippen LogP contribution in [0.2, 0.25) is 0 Å². The molecule has 0 aliphatic heterocycles. The second-order valence-electron chi connectivity index (χ2n) is 6.93. The van der Waals surface area contributed by atoms with Crippen LogP contribution in [0.1, 0.15) is 41.5 Å². The fourth-order valence-electron chi connectivity index (χ4n) is 2.16. The molecule has 200 valence electrons. The van der Waals surface area contributed by atoms with Crippen molar-refractivity contribution in [3.63, 3.8) is 0 Å². The van der Waals surface area contributed by atoms with Crippen LogP contribution < -0.4 is 16.0 Å². The van der Waals surface area contributed by atoms with Crippen LogP contribution in [-0.2, 0) is 19.1 Å². The van der Waals surface area contributed by atoms with Gasteiger partial charge < -0.3 is 36.0 Å². The van der Waals surface area contributed by atoms with Gasteiger partial charge in [-0.1, -0.05) is 37.3 Å². The molecule has 10 heteroatoms. The summed E-state index contributed by atoms with van der Waals surface area (Å²) < 4.78 is 4.94. The van der Waals surface area contributed by atoms with Gasteiger partial charge in [0.2, 0.25) is 0 Å².